The average Bonchev–Trinajstić information content (AvgIpc) is 2.88. The summed E-state index contributed by atoms with van der Waals surface area (Å²) in [6.07, 6.45) is 0.997. The minimum absolute atomic E-state index is 0.00852. The van der Waals surface area contributed by atoms with Crippen LogP contribution in [0.5, 0.6) is 0 Å². The maximum absolute atomic E-state index is 11.1. The Labute approximate surface area is 95.3 Å². The molecule has 16 heavy (non-hydrogen) atoms. The van der Waals surface area contributed by atoms with Gasteiger partial charge in [-0.15, -0.1) is 0 Å². The van der Waals surface area contributed by atoms with Crippen LogP contribution in [0.3, 0.4) is 0 Å². The lowest BCUT2D eigenvalue weighted by Gasteiger charge is -2.33. The van der Waals surface area contributed by atoms with Gasteiger partial charge in [-0.2, -0.15) is 0 Å². The third-order valence-corrected chi connectivity index (χ3v) is 3.53. The molecular weight excluding hydrogens is 210 g/mol. The normalized spacial score (nSPS) is 34.8. The Hall–Kier alpha value is -0.650. The SMILES string of the molecule is CCN(C1CCOC1)C1COCC1C(=O)O. The lowest BCUT2D eigenvalue weighted by molar-refractivity contribution is -0.143. The first kappa shape index (κ1) is 11.8. The van der Waals surface area contributed by atoms with E-state index in [1.54, 1.807) is 0 Å². The third kappa shape index (κ3) is 2.21. The van der Waals surface area contributed by atoms with E-state index in [0.29, 0.717) is 19.3 Å². The fraction of sp³-hybridized carbons (Fsp3) is 0.909. The Morgan fingerprint density at radius 2 is 2.19 bits per heavy atom. The van der Waals surface area contributed by atoms with Gasteiger partial charge in [-0.05, 0) is 13.0 Å². The van der Waals surface area contributed by atoms with Gasteiger partial charge in [0.1, 0.15) is 0 Å². The van der Waals surface area contributed by atoms with Crippen molar-refractivity contribution in [3.8, 4) is 0 Å². The van der Waals surface area contributed by atoms with Crippen molar-refractivity contribution in [2.45, 2.75) is 25.4 Å². The standard InChI is InChI=1S/C11H19NO4/c1-2-12(8-3-4-15-5-8)10-7-16-6-9(10)11(13)14/h8-10H,2-7H2,1H3,(H,13,14). The molecule has 0 spiro atoms. The molecule has 3 atom stereocenters. The van der Waals surface area contributed by atoms with Crippen molar-refractivity contribution in [3.05, 3.63) is 0 Å². The highest BCUT2D eigenvalue weighted by Crippen LogP contribution is 2.24. The molecule has 2 fully saturated rings. The van der Waals surface area contributed by atoms with Crippen molar-refractivity contribution in [2.75, 3.05) is 33.0 Å². The van der Waals surface area contributed by atoms with E-state index in [2.05, 4.69) is 11.8 Å². The molecule has 0 bridgehead atoms. The number of ether oxygens (including phenoxy) is 2. The van der Waals surface area contributed by atoms with E-state index in [1.165, 1.54) is 0 Å². The van der Waals surface area contributed by atoms with Gasteiger partial charge in [0.25, 0.3) is 0 Å². The Bertz CT molecular complexity index is 252. The topological polar surface area (TPSA) is 59.0 Å². The monoisotopic (exact) mass is 229 g/mol. The van der Waals surface area contributed by atoms with Crippen LogP contribution in [0, 0.1) is 5.92 Å². The van der Waals surface area contributed by atoms with Gasteiger partial charge in [-0.25, -0.2) is 0 Å². The van der Waals surface area contributed by atoms with E-state index in [9.17, 15) is 4.79 Å². The van der Waals surface area contributed by atoms with E-state index >= 15 is 0 Å². The summed E-state index contributed by atoms with van der Waals surface area (Å²) >= 11 is 0. The summed E-state index contributed by atoms with van der Waals surface area (Å²) in [5.41, 5.74) is 0. The van der Waals surface area contributed by atoms with Gasteiger partial charge in [0.2, 0.25) is 0 Å². The minimum atomic E-state index is -0.750. The number of likely N-dealkylation sites (N-methyl/N-ethyl adjacent to an activating group) is 1. The largest absolute Gasteiger partial charge is 0.481 e. The molecule has 2 heterocycles. The lowest BCUT2D eigenvalue weighted by atomic mass is 10.00. The number of hydrogen-bond donors (Lipinski definition) is 1. The second kappa shape index (κ2) is 5.12. The predicted molar refractivity (Wildman–Crippen MR) is 57.3 cm³/mol. The zero-order valence-electron chi connectivity index (χ0n) is 9.59. The third-order valence-electron chi connectivity index (χ3n) is 3.53. The van der Waals surface area contributed by atoms with Crippen LogP contribution >= 0.6 is 0 Å². The Morgan fingerprint density at radius 3 is 2.75 bits per heavy atom. The Balaban J connectivity index is 2.04. The van der Waals surface area contributed by atoms with E-state index < -0.39 is 5.97 Å². The van der Waals surface area contributed by atoms with Crippen molar-refractivity contribution in [1.29, 1.82) is 0 Å². The predicted octanol–water partition coefficient (Wildman–Crippen LogP) is 0.197. The quantitative estimate of drug-likeness (QED) is 0.746. The smallest absolute Gasteiger partial charge is 0.310 e. The van der Waals surface area contributed by atoms with Crippen LogP contribution in [0.4, 0.5) is 0 Å². The highest BCUT2D eigenvalue weighted by Gasteiger charge is 2.40. The maximum atomic E-state index is 11.1. The van der Waals surface area contributed by atoms with Crippen LogP contribution in [0.15, 0.2) is 0 Å². The summed E-state index contributed by atoms with van der Waals surface area (Å²) in [6.45, 7) is 5.29. The molecule has 2 aliphatic rings. The summed E-state index contributed by atoms with van der Waals surface area (Å²) < 4.78 is 10.7. The number of carboxylic acids is 1. The van der Waals surface area contributed by atoms with Gasteiger partial charge in [-0.1, -0.05) is 6.92 Å². The lowest BCUT2D eigenvalue weighted by Crippen LogP contribution is -2.48. The summed E-state index contributed by atoms with van der Waals surface area (Å²) in [4.78, 5) is 13.3. The number of hydrogen-bond acceptors (Lipinski definition) is 4. The second-order valence-corrected chi connectivity index (χ2v) is 4.40. The zero-order chi connectivity index (χ0) is 11.5. The fourth-order valence-electron chi connectivity index (χ4n) is 2.65. The molecule has 0 radical (unpaired) electrons. The van der Waals surface area contributed by atoms with Gasteiger partial charge in [0, 0.05) is 18.7 Å². The molecule has 0 aliphatic carbocycles. The van der Waals surface area contributed by atoms with Crippen LogP contribution in [0.25, 0.3) is 0 Å². The maximum Gasteiger partial charge on any atom is 0.310 e. The van der Waals surface area contributed by atoms with E-state index in [1.807, 2.05) is 0 Å². The number of aliphatic carboxylic acids is 1. The molecular formula is C11H19NO4. The highest BCUT2D eigenvalue weighted by atomic mass is 16.5. The van der Waals surface area contributed by atoms with E-state index in [-0.39, 0.29) is 12.0 Å². The summed E-state index contributed by atoms with van der Waals surface area (Å²) in [7, 11) is 0. The molecule has 3 unspecified atom stereocenters. The summed E-state index contributed by atoms with van der Waals surface area (Å²) in [5, 5.41) is 9.13. The highest BCUT2D eigenvalue weighted by molar-refractivity contribution is 5.71. The first-order chi connectivity index (χ1) is 7.74. The van der Waals surface area contributed by atoms with Gasteiger partial charge in [0.15, 0.2) is 0 Å². The number of carboxylic acid groups (broad SMARTS) is 1. The van der Waals surface area contributed by atoms with Crippen molar-refractivity contribution < 1.29 is 19.4 Å². The minimum Gasteiger partial charge on any atom is -0.481 e. The summed E-state index contributed by atoms with van der Waals surface area (Å²) in [6, 6.07) is 0.368. The molecule has 0 aromatic heterocycles. The molecule has 0 saturated carbocycles. The van der Waals surface area contributed by atoms with Crippen molar-refractivity contribution in [3.63, 3.8) is 0 Å². The molecule has 92 valence electrons. The van der Waals surface area contributed by atoms with Crippen LogP contribution < -0.4 is 0 Å². The molecule has 5 heteroatoms. The first-order valence-corrected chi connectivity index (χ1v) is 5.88. The van der Waals surface area contributed by atoms with Gasteiger partial charge in [-0.3, -0.25) is 9.69 Å². The van der Waals surface area contributed by atoms with Crippen molar-refractivity contribution in [2.24, 2.45) is 5.92 Å². The van der Waals surface area contributed by atoms with Gasteiger partial charge < -0.3 is 14.6 Å². The molecule has 2 rings (SSSR count). The molecule has 0 aromatic carbocycles. The molecule has 0 aromatic rings. The van der Waals surface area contributed by atoms with Crippen LogP contribution in [0.2, 0.25) is 0 Å². The molecule has 2 aliphatic heterocycles. The Morgan fingerprint density at radius 1 is 1.38 bits per heavy atom. The van der Waals surface area contributed by atoms with Crippen molar-refractivity contribution in [1.82, 2.24) is 4.90 Å². The average molecular weight is 229 g/mol. The van der Waals surface area contributed by atoms with Crippen LogP contribution in [-0.4, -0.2) is 61.0 Å². The van der Waals surface area contributed by atoms with Gasteiger partial charge in [0.05, 0.1) is 25.7 Å². The molecule has 0 amide bonds. The van der Waals surface area contributed by atoms with E-state index in [0.717, 1.165) is 26.2 Å². The van der Waals surface area contributed by atoms with Gasteiger partial charge >= 0.3 is 5.97 Å². The van der Waals surface area contributed by atoms with Crippen molar-refractivity contribution >= 4 is 5.97 Å². The Kier molecular flexibility index (Phi) is 3.78. The number of rotatable bonds is 4. The molecule has 2 saturated heterocycles. The first-order valence-electron chi connectivity index (χ1n) is 5.88. The summed E-state index contributed by atoms with van der Waals surface area (Å²) in [5.74, 6) is -1.14. The van der Waals surface area contributed by atoms with Crippen LogP contribution in [0.1, 0.15) is 13.3 Å². The zero-order valence-corrected chi connectivity index (χ0v) is 9.59. The number of carbonyl (C=O) groups is 1. The second-order valence-electron chi connectivity index (χ2n) is 4.40. The molecule has 1 N–H and O–H groups in total. The number of nitrogens with zero attached hydrogens (tertiary/aromatic N) is 1. The fourth-order valence-corrected chi connectivity index (χ4v) is 2.65. The van der Waals surface area contributed by atoms with Crippen LogP contribution in [-0.2, 0) is 14.3 Å². The molecule has 5 nitrogen and oxygen atoms in total. The van der Waals surface area contributed by atoms with E-state index in [4.69, 9.17) is 14.6 Å².